The fraction of sp³-hybridized carbons (Fsp3) is 0.211. The summed E-state index contributed by atoms with van der Waals surface area (Å²) in [6.45, 7) is 0.0361. The van der Waals surface area contributed by atoms with Gasteiger partial charge in [-0.05, 0) is 38.3 Å². The van der Waals surface area contributed by atoms with E-state index in [-0.39, 0.29) is 12.3 Å². The van der Waals surface area contributed by atoms with Crippen LogP contribution in [0.4, 0.5) is 0 Å². The predicted molar refractivity (Wildman–Crippen MR) is 102 cm³/mol. The number of fused-ring (bicyclic) bond motifs is 1. The van der Waals surface area contributed by atoms with Gasteiger partial charge in [-0.1, -0.05) is 36.4 Å². The minimum absolute atomic E-state index is 0.0361. The first-order chi connectivity index (χ1) is 12.1. The number of nitrogens with zero attached hydrogens (tertiary/aromatic N) is 3. The number of ketones is 1. The van der Waals surface area contributed by atoms with Crippen LogP contribution in [0.5, 0.6) is 0 Å². The lowest BCUT2D eigenvalue weighted by Gasteiger charge is -2.14. The molecule has 128 valence electrons. The number of aryl methyl sites for hydroxylation is 1. The van der Waals surface area contributed by atoms with Gasteiger partial charge in [-0.2, -0.15) is 5.10 Å². The first kappa shape index (κ1) is 17.5. The van der Waals surface area contributed by atoms with E-state index in [0.29, 0.717) is 5.69 Å². The Balaban J connectivity index is 1.75. The topological polar surface area (TPSA) is 56.5 Å². The van der Waals surface area contributed by atoms with Gasteiger partial charge in [-0.25, -0.2) is 0 Å². The standard InChI is InChI=1S/C19H18BrN3O2/c1-23-12-16(20)17(22-23)10-21-11-18(24)19(25-2)15-8-7-13-5-3-4-6-14(13)9-15/h3-10,12,19H,11H2,1-2H3. The molecule has 2 aromatic carbocycles. The molecular weight excluding hydrogens is 382 g/mol. The van der Waals surface area contributed by atoms with Crippen LogP contribution in [0.2, 0.25) is 0 Å². The van der Waals surface area contributed by atoms with Crippen molar-refractivity contribution in [2.24, 2.45) is 12.0 Å². The second-order valence-electron chi connectivity index (χ2n) is 5.69. The van der Waals surface area contributed by atoms with Gasteiger partial charge in [0.25, 0.3) is 0 Å². The largest absolute Gasteiger partial charge is 0.369 e. The van der Waals surface area contributed by atoms with Crippen LogP contribution in [0.15, 0.2) is 58.1 Å². The molecule has 0 amide bonds. The maximum absolute atomic E-state index is 12.5. The highest BCUT2D eigenvalue weighted by Gasteiger charge is 2.19. The Kier molecular flexibility index (Phi) is 5.40. The third-order valence-corrected chi connectivity index (χ3v) is 4.49. The van der Waals surface area contributed by atoms with Crippen molar-refractivity contribution in [2.75, 3.05) is 13.7 Å². The molecule has 0 fully saturated rings. The van der Waals surface area contributed by atoms with Crippen LogP contribution in [0.1, 0.15) is 17.4 Å². The second-order valence-corrected chi connectivity index (χ2v) is 6.55. The molecule has 0 aliphatic heterocycles. The van der Waals surface area contributed by atoms with Crippen molar-refractivity contribution in [1.82, 2.24) is 9.78 Å². The summed E-state index contributed by atoms with van der Waals surface area (Å²) in [7, 11) is 3.37. The number of methoxy groups -OCH3 is 1. The van der Waals surface area contributed by atoms with Gasteiger partial charge >= 0.3 is 0 Å². The van der Waals surface area contributed by atoms with E-state index in [1.807, 2.05) is 55.7 Å². The summed E-state index contributed by atoms with van der Waals surface area (Å²) >= 11 is 3.40. The minimum Gasteiger partial charge on any atom is -0.369 e. The molecule has 0 radical (unpaired) electrons. The Morgan fingerprint density at radius 2 is 2.08 bits per heavy atom. The molecule has 6 heteroatoms. The number of Topliss-reactive ketones (excluding diaryl/α,β-unsaturated/α-hetero) is 1. The van der Waals surface area contributed by atoms with Gasteiger partial charge in [0.05, 0.1) is 10.7 Å². The van der Waals surface area contributed by atoms with Gasteiger partial charge in [0.15, 0.2) is 5.78 Å². The number of hydrogen-bond donors (Lipinski definition) is 0. The lowest BCUT2D eigenvalue weighted by atomic mass is 10.0. The molecule has 0 N–H and O–H groups in total. The van der Waals surface area contributed by atoms with Crippen LogP contribution < -0.4 is 0 Å². The van der Waals surface area contributed by atoms with Gasteiger partial charge in [-0.3, -0.25) is 14.5 Å². The molecule has 0 saturated carbocycles. The molecule has 0 aliphatic carbocycles. The Morgan fingerprint density at radius 3 is 2.76 bits per heavy atom. The number of carbonyl (C=O) groups excluding carboxylic acids is 1. The Bertz CT molecular complexity index is 933. The normalized spacial score (nSPS) is 12.8. The highest BCUT2D eigenvalue weighted by atomic mass is 79.9. The van der Waals surface area contributed by atoms with Gasteiger partial charge in [-0.15, -0.1) is 0 Å². The van der Waals surface area contributed by atoms with E-state index in [9.17, 15) is 4.79 Å². The SMILES string of the molecule is COC(C(=O)CN=Cc1nn(C)cc1Br)c1ccc2ccccc2c1. The van der Waals surface area contributed by atoms with Crippen molar-refractivity contribution in [3.8, 4) is 0 Å². The van der Waals surface area contributed by atoms with E-state index in [2.05, 4.69) is 26.0 Å². The third-order valence-electron chi connectivity index (χ3n) is 3.88. The average Bonchev–Trinajstić information content (AvgIpc) is 2.93. The highest BCUT2D eigenvalue weighted by Crippen LogP contribution is 2.23. The van der Waals surface area contributed by atoms with Gasteiger partial charge < -0.3 is 4.74 Å². The molecule has 5 nitrogen and oxygen atoms in total. The maximum atomic E-state index is 12.5. The molecule has 0 aliphatic rings. The first-order valence-electron chi connectivity index (χ1n) is 7.81. The number of rotatable bonds is 6. The van der Waals surface area contributed by atoms with Gasteiger partial charge in [0.2, 0.25) is 0 Å². The predicted octanol–water partition coefficient (Wildman–Crippen LogP) is 3.71. The summed E-state index contributed by atoms with van der Waals surface area (Å²) in [6, 6.07) is 13.9. The Hall–Kier alpha value is -2.31. The zero-order valence-corrected chi connectivity index (χ0v) is 15.6. The van der Waals surface area contributed by atoms with Gasteiger partial charge in [0, 0.05) is 20.4 Å². The zero-order valence-electron chi connectivity index (χ0n) is 14.0. The summed E-state index contributed by atoms with van der Waals surface area (Å²) in [4.78, 5) is 16.7. The van der Waals surface area contributed by atoms with Crippen LogP contribution in [-0.4, -0.2) is 35.4 Å². The van der Waals surface area contributed by atoms with Crippen LogP contribution in [0.3, 0.4) is 0 Å². The maximum Gasteiger partial charge on any atom is 0.187 e. The van der Waals surface area contributed by atoms with E-state index < -0.39 is 6.10 Å². The Morgan fingerprint density at radius 1 is 1.32 bits per heavy atom. The number of carbonyl (C=O) groups is 1. The molecule has 1 heterocycles. The van der Waals surface area contributed by atoms with Crippen molar-refractivity contribution in [3.05, 3.63) is 64.4 Å². The lowest BCUT2D eigenvalue weighted by Crippen LogP contribution is -2.17. The summed E-state index contributed by atoms with van der Waals surface area (Å²) in [5.41, 5.74) is 1.52. The quantitative estimate of drug-likeness (QED) is 0.593. The van der Waals surface area contributed by atoms with Crippen LogP contribution in [0, 0.1) is 0 Å². The molecule has 1 aromatic heterocycles. The summed E-state index contributed by atoms with van der Waals surface area (Å²) in [5, 5.41) is 6.45. The molecular formula is C19H18BrN3O2. The van der Waals surface area contributed by atoms with E-state index in [1.54, 1.807) is 10.9 Å². The lowest BCUT2D eigenvalue weighted by molar-refractivity contribution is -0.127. The molecule has 1 atom stereocenters. The van der Waals surface area contributed by atoms with E-state index >= 15 is 0 Å². The molecule has 3 aromatic rings. The minimum atomic E-state index is -0.631. The van der Waals surface area contributed by atoms with Gasteiger partial charge in [0.1, 0.15) is 18.3 Å². The fourth-order valence-corrected chi connectivity index (χ4v) is 3.17. The van der Waals surface area contributed by atoms with Crippen molar-refractivity contribution in [2.45, 2.75) is 6.10 Å². The van der Waals surface area contributed by atoms with Crippen LogP contribution >= 0.6 is 15.9 Å². The molecule has 0 bridgehead atoms. The van der Waals surface area contributed by atoms with Crippen LogP contribution in [0.25, 0.3) is 10.8 Å². The van der Waals surface area contributed by atoms with Crippen molar-refractivity contribution >= 4 is 38.7 Å². The number of aliphatic imine (C=N–C) groups is 1. The van der Waals surface area contributed by atoms with E-state index in [0.717, 1.165) is 20.8 Å². The number of benzene rings is 2. The molecule has 3 rings (SSSR count). The number of hydrogen-bond acceptors (Lipinski definition) is 4. The molecule has 25 heavy (non-hydrogen) atoms. The second kappa shape index (κ2) is 7.72. The molecule has 0 spiro atoms. The smallest absolute Gasteiger partial charge is 0.187 e. The molecule has 0 saturated heterocycles. The number of aromatic nitrogens is 2. The number of ether oxygens (including phenoxy) is 1. The fourth-order valence-electron chi connectivity index (χ4n) is 2.69. The monoisotopic (exact) mass is 399 g/mol. The van der Waals surface area contributed by atoms with E-state index in [1.165, 1.54) is 7.11 Å². The highest BCUT2D eigenvalue weighted by molar-refractivity contribution is 9.10. The zero-order chi connectivity index (χ0) is 17.8. The van der Waals surface area contributed by atoms with Crippen molar-refractivity contribution in [3.63, 3.8) is 0 Å². The summed E-state index contributed by atoms with van der Waals surface area (Å²) in [6.07, 6.45) is 2.79. The van der Waals surface area contributed by atoms with Crippen molar-refractivity contribution < 1.29 is 9.53 Å². The first-order valence-corrected chi connectivity index (χ1v) is 8.61. The van der Waals surface area contributed by atoms with E-state index in [4.69, 9.17) is 4.74 Å². The van der Waals surface area contributed by atoms with Crippen molar-refractivity contribution in [1.29, 1.82) is 0 Å². The average molecular weight is 400 g/mol. The summed E-state index contributed by atoms with van der Waals surface area (Å²) < 4.78 is 7.94. The Labute approximate surface area is 154 Å². The summed E-state index contributed by atoms with van der Waals surface area (Å²) in [5.74, 6) is -0.0962. The van der Waals surface area contributed by atoms with Crippen LogP contribution in [-0.2, 0) is 16.6 Å². The third kappa shape index (κ3) is 4.03. The number of halogens is 1. The molecule has 1 unspecified atom stereocenters.